The highest BCUT2D eigenvalue weighted by Crippen LogP contribution is 2.22. The summed E-state index contributed by atoms with van der Waals surface area (Å²) in [5, 5.41) is 0.589. The van der Waals surface area contributed by atoms with Gasteiger partial charge >= 0.3 is 5.97 Å². The Kier molecular flexibility index (Phi) is 4.26. The van der Waals surface area contributed by atoms with E-state index in [1.165, 1.54) is 0 Å². The fraction of sp³-hybridized carbons (Fsp3) is 0.417. The first-order valence-electron chi connectivity index (χ1n) is 5.37. The van der Waals surface area contributed by atoms with E-state index in [1.807, 2.05) is 0 Å². The average Bonchev–Trinajstić information content (AvgIpc) is 2.73. The van der Waals surface area contributed by atoms with E-state index in [1.54, 1.807) is 24.3 Å². The molecule has 1 heterocycles. The first-order chi connectivity index (χ1) is 8.15. The normalized spacial score (nSPS) is 23.6. The minimum Gasteiger partial charge on any atom is -0.459 e. The van der Waals surface area contributed by atoms with Gasteiger partial charge in [-0.05, 0) is 37.1 Å². The van der Waals surface area contributed by atoms with E-state index < -0.39 is 0 Å². The lowest BCUT2D eigenvalue weighted by atomic mass is 10.2. The summed E-state index contributed by atoms with van der Waals surface area (Å²) in [5.74, 6) is -0.372. The molecule has 0 N–H and O–H groups in total. The second-order valence-electron chi connectivity index (χ2n) is 3.85. The Bertz CT molecular complexity index is 391. The molecule has 1 aliphatic heterocycles. The van der Waals surface area contributed by atoms with E-state index in [0.717, 1.165) is 12.8 Å². The van der Waals surface area contributed by atoms with Crippen LogP contribution in [-0.4, -0.2) is 24.2 Å². The molecule has 1 aromatic carbocycles. The molecule has 1 aromatic rings. The molecule has 1 saturated heterocycles. The molecule has 5 heteroatoms. The Morgan fingerprint density at radius 3 is 2.65 bits per heavy atom. The predicted octanol–water partition coefficient (Wildman–Crippen LogP) is 3.24. The molecule has 3 nitrogen and oxygen atoms in total. The molecule has 0 saturated carbocycles. The lowest BCUT2D eigenvalue weighted by molar-refractivity contribution is 0.00963. The van der Waals surface area contributed by atoms with Gasteiger partial charge in [-0.15, -0.1) is 0 Å². The number of alkyl halides is 1. The van der Waals surface area contributed by atoms with Gasteiger partial charge in [-0.2, -0.15) is 0 Å². The molecule has 0 radical (unpaired) electrons. The summed E-state index contributed by atoms with van der Waals surface area (Å²) in [6.45, 7) is 0.241. The third-order valence-corrected chi connectivity index (χ3v) is 3.11. The van der Waals surface area contributed by atoms with Gasteiger partial charge in [0.15, 0.2) is 0 Å². The number of rotatable bonds is 3. The Balaban J connectivity index is 1.83. The summed E-state index contributed by atoms with van der Waals surface area (Å²) < 4.78 is 10.5. The van der Waals surface area contributed by atoms with Crippen LogP contribution in [0.1, 0.15) is 23.2 Å². The third kappa shape index (κ3) is 3.60. The molecule has 1 aliphatic rings. The van der Waals surface area contributed by atoms with Gasteiger partial charge in [-0.1, -0.05) is 23.2 Å². The van der Waals surface area contributed by atoms with E-state index in [4.69, 9.17) is 32.7 Å². The Morgan fingerprint density at radius 1 is 1.35 bits per heavy atom. The zero-order chi connectivity index (χ0) is 12.3. The molecule has 0 amide bonds. The highest BCUT2D eigenvalue weighted by molar-refractivity contribution is 6.30. The monoisotopic (exact) mass is 274 g/mol. The van der Waals surface area contributed by atoms with Gasteiger partial charge < -0.3 is 9.47 Å². The van der Waals surface area contributed by atoms with Crippen molar-refractivity contribution in [2.24, 2.45) is 0 Å². The van der Waals surface area contributed by atoms with Crippen LogP contribution in [0.3, 0.4) is 0 Å². The predicted molar refractivity (Wildman–Crippen MR) is 65.5 cm³/mol. The van der Waals surface area contributed by atoms with Gasteiger partial charge in [-0.3, -0.25) is 0 Å². The highest BCUT2D eigenvalue weighted by Gasteiger charge is 2.24. The van der Waals surface area contributed by atoms with Crippen LogP contribution in [0.2, 0.25) is 5.02 Å². The Hall–Kier alpha value is -0.770. The molecule has 1 unspecified atom stereocenters. The quantitative estimate of drug-likeness (QED) is 0.627. The summed E-state index contributed by atoms with van der Waals surface area (Å²) >= 11 is 11.5. The van der Waals surface area contributed by atoms with E-state index in [-0.39, 0.29) is 24.2 Å². The topological polar surface area (TPSA) is 35.5 Å². The van der Waals surface area contributed by atoms with Gasteiger partial charge in [0.2, 0.25) is 0 Å². The number of esters is 1. The number of ether oxygens (including phenoxy) is 2. The molecule has 0 aromatic heterocycles. The van der Waals surface area contributed by atoms with Crippen LogP contribution in [0, 0.1) is 0 Å². The van der Waals surface area contributed by atoms with Crippen molar-refractivity contribution in [2.75, 3.05) is 6.61 Å². The van der Waals surface area contributed by atoms with Crippen molar-refractivity contribution in [3.63, 3.8) is 0 Å². The number of carbonyl (C=O) groups is 1. The minimum absolute atomic E-state index is 0.0891. The Morgan fingerprint density at radius 2 is 2.06 bits per heavy atom. The van der Waals surface area contributed by atoms with Gasteiger partial charge in [0.1, 0.15) is 12.2 Å². The standard InChI is InChI=1S/C12H12Cl2O3/c13-9-3-1-8(2-4-9)12(15)16-7-10-5-6-11(14)17-10/h1-4,10-11H,5-7H2/t10-,11?/m0/s1. The zero-order valence-electron chi connectivity index (χ0n) is 9.07. The largest absolute Gasteiger partial charge is 0.459 e. The third-order valence-electron chi connectivity index (χ3n) is 2.54. The molecule has 2 atom stereocenters. The van der Waals surface area contributed by atoms with E-state index in [2.05, 4.69) is 0 Å². The minimum atomic E-state index is -0.372. The SMILES string of the molecule is O=C(OC[C@@H]1CCC(Cl)O1)c1ccc(Cl)cc1. The number of carbonyl (C=O) groups excluding carboxylic acids is 1. The van der Waals surface area contributed by atoms with Crippen LogP contribution in [0.15, 0.2) is 24.3 Å². The fourth-order valence-corrected chi connectivity index (χ4v) is 2.02. The van der Waals surface area contributed by atoms with Crippen LogP contribution in [-0.2, 0) is 9.47 Å². The maximum atomic E-state index is 11.6. The fourth-order valence-electron chi connectivity index (χ4n) is 1.62. The van der Waals surface area contributed by atoms with Crippen LogP contribution in [0.4, 0.5) is 0 Å². The van der Waals surface area contributed by atoms with Crippen LogP contribution in [0.25, 0.3) is 0 Å². The lowest BCUT2D eigenvalue weighted by Crippen LogP contribution is -2.18. The van der Waals surface area contributed by atoms with Crippen molar-refractivity contribution >= 4 is 29.2 Å². The number of benzene rings is 1. The number of halogens is 2. The average molecular weight is 275 g/mol. The van der Waals surface area contributed by atoms with E-state index in [0.29, 0.717) is 10.6 Å². The molecular formula is C12H12Cl2O3. The molecular weight excluding hydrogens is 263 g/mol. The second kappa shape index (κ2) is 5.71. The number of hydrogen-bond acceptors (Lipinski definition) is 3. The molecule has 17 heavy (non-hydrogen) atoms. The Labute approximate surface area is 110 Å². The molecule has 0 spiro atoms. The van der Waals surface area contributed by atoms with E-state index in [9.17, 15) is 4.79 Å². The summed E-state index contributed by atoms with van der Waals surface area (Å²) in [7, 11) is 0. The first-order valence-corrected chi connectivity index (χ1v) is 6.19. The number of hydrogen-bond donors (Lipinski definition) is 0. The second-order valence-corrected chi connectivity index (χ2v) is 4.77. The van der Waals surface area contributed by atoms with Crippen molar-refractivity contribution < 1.29 is 14.3 Å². The first kappa shape index (κ1) is 12.7. The van der Waals surface area contributed by atoms with Gasteiger partial charge in [-0.25, -0.2) is 4.79 Å². The molecule has 0 aliphatic carbocycles. The van der Waals surface area contributed by atoms with Crippen molar-refractivity contribution in [1.29, 1.82) is 0 Å². The van der Waals surface area contributed by atoms with Gasteiger partial charge in [0.05, 0.1) is 11.7 Å². The van der Waals surface area contributed by atoms with Crippen LogP contribution < -0.4 is 0 Å². The van der Waals surface area contributed by atoms with Crippen molar-refractivity contribution in [2.45, 2.75) is 24.5 Å². The van der Waals surface area contributed by atoms with E-state index >= 15 is 0 Å². The smallest absolute Gasteiger partial charge is 0.338 e. The van der Waals surface area contributed by atoms with Gasteiger partial charge in [0.25, 0.3) is 0 Å². The van der Waals surface area contributed by atoms with Crippen molar-refractivity contribution in [1.82, 2.24) is 0 Å². The van der Waals surface area contributed by atoms with Gasteiger partial charge in [0, 0.05) is 5.02 Å². The van der Waals surface area contributed by atoms with Crippen LogP contribution in [0.5, 0.6) is 0 Å². The summed E-state index contributed by atoms with van der Waals surface area (Å²) in [6, 6.07) is 6.56. The maximum Gasteiger partial charge on any atom is 0.338 e. The summed E-state index contributed by atoms with van der Waals surface area (Å²) in [4.78, 5) is 11.6. The lowest BCUT2D eigenvalue weighted by Gasteiger charge is -2.10. The van der Waals surface area contributed by atoms with Crippen LogP contribution >= 0.6 is 23.2 Å². The molecule has 0 bridgehead atoms. The zero-order valence-corrected chi connectivity index (χ0v) is 10.6. The maximum absolute atomic E-state index is 11.6. The summed E-state index contributed by atoms with van der Waals surface area (Å²) in [5.41, 5.74) is 0.226. The highest BCUT2D eigenvalue weighted by atomic mass is 35.5. The van der Waals surface area contributed by atoms with Crippen molar-refractivity contribution in [3.05, 3.63) is 34.9 Å². The summed E-state index contributed by atoms with van der Waals surface area (Å²) in [6.07, 6.45) is 1.53. The molecule has 2 rings (SSSR count). The molecule has 92 valence electrons. The van der Waals surface area contributed by atoms with Crippen molar-refractivity contribution in [3.8, 4) is 0 Å². The molecule has 1 fully saturated rings.